The smallest absolute Gasteiger partial charge is 0.230 e. The van der Waals surface area contributed by atoms with Crippen molar-refractivity contribution >= 4 is 5.91 Å². The molecule has 0 radical (unpaired) electrons. The van der Waals surface area contributed by atoms with Crippen LogP contribution >= 0.6 is 0 Å². The molecule has 2 aromatic carbocycles. The Bertz CT molecular complexity index is 997. The number of benzene rings is 2. The van der Waals surface area contributed by atoms with E-state index in [4.69, 9.17) is 9.26 Å². The first-order valence-electron chi connectivity index (χ1n) is 11.1. The minimum absolute atomic E-state index is 0.110. The van der Waals surface area contributed by atoms with E-state index in [1.54, 1.807) is 0 Å². The van der Waals surface area contributed by atoms with Crippen LogP contribution in [0.1, 0.15) is 49.2 Å². The third-order valence-electron chi connectivity index (χ3n) is 6.40. The Hall–Kier alpha value is -2.99. The average molecular weight is 418 g/mol. The van der Waals surface area contributed by atoms with Crippen molar-refractivity contribution < 1.29 is 14.1 Å². The Morgan fingerprint density at radius 2 is 1.65 bits per heavy atom. The number of hydrogen-bond acceptors (Lipinski definition) is 5. The van der Waals surface area contributed by atoms with E-state index in [2.05, 4.69) is 22.3 Å². The summed E-state index contributed by atoms with van der Waals surface area (Å²) in [5.41, 5.74) is 2.05. The van der Waals surface area contributed by atoms with Crippen molar-refractivity contribution in [2.24, 2.45) is 5.92 Å². The molecule has 160 valence electrons. The highest BCUT2D eigenvalue weighted by molar-refractivity contribution is 5.80. The number of likely N-dealkylation sites (tertiary alicyclic amines) is 1. The van der Waals surface area contributed by atoms with Crippen LogP contribution in [0.25, 0.3) is 11.4 Å². The molecule has 0 bridgehead atoms. The SMILES string of the molecule is O=C(C1CCCOC1c1ccccc1)N1CCC(c2nc(-c3ccccc3)no2)CC1. The van der Waals surface area contributed by atoms with Gasteiger partial charge in [0, 0.05) is 31.2 Å². The Balaban J connectivity index is 1.23. The normalized spacial score (nSPS) is 22.4. The zero-order chi connectivity index (χ0) is 21.0. The molecule has 2 fully saturated rings. The first-order valence-corrected chi connectivity index (χ1v) is 11.1. The molecule has 1 amide bonds. The van der Waals surface area contributed by atoms with Gasteiger partial charge in [-0.05, 0) is 31.2 Å². The number of piperidine rings is 1. The molecule has 5 rings (SSSR count). The maximum absolute atomic E-state index is 13.4. The summed E-state index contributed by atoms with van der Waals surface area (Å²) in [4.78, 5) is 20.0. The number of carbonyl (C=O) groups is 1. The molecule has 6 heteroatoms. The van der Waals surface area contributed by atoms with Crippen molar-refractivity contribution in [1.82, 2.24) is 15.0 Å². The van der Waals surface area contributed by atoms with Gasteiger partial charge in [0.1, 0.15) is 0 Å². The predicted octanol–water partition coefficient (Wildman–Crippen LogP) is 4.61. The van der Waals surface area contributed by atoms with Crippen LogP contribution in [0.5, 0.6) is 0 Å². The summed E-state index contributed by atoms with van der Waals surface area (Å²) in [5.74, 6) is 1.60. The molecule has 2 atom stereocenters. The topological polar surface area (TPSA) is 68.5 Å². The van der Waals surface area contributed by atoms with E-state index in [1.165, 1.54) is 0 Å². The molecular formula is C25H27N3O3. The number of rotatable bonds is 4. The summed E-state index contributed by atoms with van der Waals surface area (Å²) in [6.07, 6.45) is 3.34. The molecule has 2 aliphatic heterocycles. The molecule has 0 N–H and O–H groups in total. The van der Waals surface area contributed by atoms with Gasteiger partial charge in [-0.2, -0.15) is 4.98 Å². The lowest BCUT2D eigenvalue weighted by molar-refractivity contribution is -0.146. The molecule has 0 spiro atoms. The number of amides is 1. The summed E-state index contributed by atoms with van der Waals surface area (Å²) in [6.45, 7) is 2.14. The van der Waals surface area contributed by atoms with E-state index in [0.29, 0.717) is 31.4 Å². The monoisotopic (exact) mass is 417 g/mol. The lowest BCUT2D eigenvalue weighted by Gasteiger charge is -2.37. The minimum atomic E-state index is -0.149. The van der Waals surface area contributed by atoms with E-state index in [-0.39, 0.29) is 23.8 Å². The number of aromatic nitrogens is 2. The highest BCUT2D eigenvalue weighted by Gasteiger charge is 2.37. The number of hydrogen-bond donors (Lipinski definition) is 0. The van der Waals surface area contributed by atoms with E-state index in [0.717, 1.165) is 36.8 Å². The zero-order valence-corrected chi connectivity index (χ0v) is 17.5. The Labute approximate surface area is 182 Å². The van der Waals surface area contributed by atoms with Gasteiger partial charge >= 0.3 is 0 Å². The van der Waals surface area contributed by atoms with Crippen LogP contribution in [0, 0.1) is 5.92 Å². The summed E-state index contributed by atoms with van der Waals surface area (Å²) in [6, 6.07) is 20.0. The van der Waals surface area contributed by atoms with Crippen LogP contribution in [0.4, 0.5) is 0 Å². The van der Waals surface area contributed by atoms with Gasteiger partial charge < -0.3 is 14.2 Å². The lowest BCUT2D eigenvalue weighted by atomic mass is 9.87. The second-order valence-corrected chi connectivity index (χ2v) is 8.37. The van der Waals surface area contributed by atoms with Crippen molar-refractivity contribution in [3.05, 3.63) is 72.1 Å². The Morgan fingerprint density at radius 1 is 0.935 bits per heavy atom. The van der Waals surface area contributed by atoms with Gasteiger partial charge in [-0.25, -0.2) is 0 Å². The molecule has 0 saturated carbocycles. The number of nitrogens with zero attached hydrogens (tertiary/aromatic N) is 3. The van der Waals surface area contributed by atoms with Crippen molar-refractivity contribution in [3.8, 4) is 11.4 Å². The fraction of sp³-hybridized carbons (Fsp3) is 0.400. The van der Waals surface area contributed by atoms with Crippen LogP contribution in [0.3, 0.4) is 0 Å². The largest absolute Gasteiger partial charge is 0.373 e. The fourth-order valence-corrected chi connectivity index (χ4v) is 4.69. The van der Waals surface area contributed by atoms with Crippen molar-refractivity contribution in [1.29, 1.82) is 0 Å². The molecule has 2 unspecified atom stereocenters. The van der Waals surface area contributed by atoms with Crippen LogP contribution in [-0.2, 0) is 9.53 Å². The summed E-state index contributed by atoms with van der Waals surface area (Å²) in [7, 11) is 0. The number of carbonyl (C=O) groups excluding carboxylic acids is 1. The highest BCUT2D eigenvalue weighted by atomic mass is 16.5. The van der Waals surface area contributed by atoms with E-state index < -0.39 is 0 Å². The van der Waals surface area contributed by atoms with E-state index in [9.17, 15) is 4.79 Å². The molecular weight excluding hydrogens is 390 g/mol. The van der Waals surface area contributed by atoms with Gasteiger partial charge in [-0.1, -0.05) is 65.8 Å². The molecule has 3 heterocycles. The van der Waals surface area contributed by atoms with Gasteiger partial charge in [-0.3, -0.25) is 4.79 Å². The summed E-state index contributed by atoms with van der Waals surface area (Å²) < 4.78 is 11.6. The van der Waals surface area contributed by atoms with Gasteiger partial charge in [0.2, 0.25) is 17.6 Å². The van der Waals surface area contributed by atoms with Gasteiger partial charge in [0.25, 0.3) is 0 Å². The minimum Gasteiger partial charge on any atom is -0.373 e. The van der Waals surface area contributed by atoms with Gasteiger partial charge in [0.05, 0.1) is 12.0 Å². The molecule has 2 aliphatic rings. The fourth-order valence-electron chi connectivity index (χ4n) is 4.69. The molecule has 3 aromatic rings. The summed E-state index contributed by atoms with van der Waals surface area (Å²) in [5, 5.41) is 4.15. The van der Waals surface area contributed by atoms with Crippen molar-refractivity contribution in [2.45, 2.75) is 37.7 Å². The molecule has 2 saturated heterocycles. The molecule has 31 heavy (non-hydrogen) atoms. The van der Waals surface area contributed by atoms with Crippen LogP contribution < -0.4 is 0 Å². The first-order chi connectivity index (χ1) is 15.3. The maximum Gasteiger partial charge on any atom is 0.230 e. The standard InChI is InChI=1S/C25H27N3O3/c29-25(21-12-7-17-30-22(21)18-8-3-1-4-9-18)28-15-13-20(14-16-28)24-26-23(27-31-24)19-10-5-2-6-11-19/h1-6,8-11,20-22H,7,12-17H2. The van der Waals surface area contributed by atoms with Crippen LogP contribution in [0.15, 0.2) is 65.2 Å². The molecule has 1 aromatic heterocycles. The highest BCUT2D eigenvalue weighted by Crippen LogP contribution is 2.36. The van der Waals surface area contributed by atoms with E-state index >= 15 is 0 Å². The molecule has 6 nitrogen and oxygen atoms in total. The number of ether oxygens (including phenoxy) is 1. The van der Waals surface area contributed by atoms with Gasteiger partial charge in [-0.15, -0.1) is 0 Å². The summed E-state index contributed by atoms with van der Waals surface area (Å²) >= 11 is 0. The first kappa shape index (κ1) is 19.9. The average Bonchev–Trinajstić information content (AvgIpc) is 3.35. The maximum atomic E-state index is 13.4. The van der Waals surface area contributed by atoms with Crippen LogP contribution in [-0.4, -0.2) is 40.6 Å². The van der Waals surface area contributed by atoms with Crippen molar-refractivity contribution in [2.75, 3.05) is 19.7 Å². The van der Waals surface area contributed by atoms with Crippen molar-refractivity contribution in [3.63, 3.8) is 0 Å². The third-order valence-corrected chi connectivity index (χ3v) is 6.40. The lowest BCUT2D eigenvalue weighted by Crippen LogP contribution is -2.44. The Kier molecular flexibility index (Phi) is 5.80. The second kappa shape index (κ2) is 9.02. The quantitative estimate of drug-likeness (QED) is 0.620. The van der Waals surface area contributed by atoms with E-state index in [1.807, 2.05) is 53.4 Å². The predicted molar refractivity (Wildman–Crippen MR) is 116 cm³/mol. The second-order valence-electron chi connectivity index (χ2n) is 8.37. The Morgan fingerprint density at radius 3 is 2.39 bits per heavy atom. The molecule has 0 aliphatic carbocycles. The van der Waals surface area contributed by atoms with Gasteiger partial charge in [0.15, 0.2) is 0 Å². The van der Waals surface area contributed by atoms with Crippen LogP contribution in [0.2, 0.25) is 0 Å². The zero-order valence-electron chi connectivity index (χ0n) is 17.5. The third kappa shape index (κ3) is 4.26.